The number of aryl methyl sites for hydroxylation is 1. The van der Waals surface area contributed by atoms with E-state index in [2.05, 4.69) is 16.0 Å². The molecule has 0 fully saturated rings. The summed E-state index contributed by atoms with van der Waals surface area (Å²) in [7, 11) is 0. The highest BCUT2D eigenvalue weighted by Gasteiger charge is 2.13. The molecule has 0 saturated carbocycles. The van der Waals surface area contributed by atoms with Gasteiger partial charge in [0.25, 0.3) is 5.56 Å². The van der Waals surface area contributed by atoms with E-state index >= 15 is 0 Å². The van der Waals surface area contributed by atoms with Crippen molar-refractivity contribution >= 4 is 27.8 Å². The fourth-order valence-corrected chi connectivity index (χ4v) is 2.50. The van der Waals surface area contributed by atoms with Gasteiger partial charge in [-0.3, -0.25) is 4.79 Å². The summed E-state index contributed by atoms with van der Waals surface area (Å²) in [5.74, 6) is -0.995. The van der Waals surface area contributed by atoms with Crippen LogP contribution in [0.15, 0.2) is 35.3 Å². The van der Waals surface area contributed by atoms with E-state index in [1.54, 1.807) is 6.20 Å². The molecule has 25 heavy (non-hydrogen) atoms. The summed E-state index contributed by atoms with van der Waals surface area (Å²) in [6.07, 6.45) is 3.41. The molecule has 0 aliphatic rings. The number of fused-ring (bicyclic) bond motifs is 3. The largest absolute Gasteiger partial charge is 0.550 e. The van der Waals surface area contributed by atoms with Crippen LogP contribution in [-0.2, 0) is 11.2 Å². The number of carbonyl (C=O) groups excluding carboxylic acids is 1. The third kappa shape index (κ3) is 4.93. The number of hydrogen-bond donors (Lipinski definition) is 3. The second-order valence-corrected chi connectivity index (χ2v) is 6.64. The molecule has 0 unspecified atom stereocenters. The fraction of sp³-hybridized carbons (Fsp3) is 0.368. The number of aliphatic carboxylic acids is 1. The standard InChI is InChI=1S/C16H18N2O2.C3H6O2/c1-16(2,20)7-5-10-3-4-13-12(9-10)11-6-8-17-14(11)15(19)18-13;1-2-3(4)5/h3-4,6,8-9,17,20H,5,7H2,1-2H3,(H,18,19);2H2,1H3,(H,4,5)/p-1. The first kappa shape index (κ1) is 18.7. The van der Waals surface area contributed by atoms with Gasteiger partial charge in [-0.25, -0.2) is 0 Å². The molecule has 6 nitrogen and oxygen atoms in total. The molecule has 0 aliphatic heterocycles. The third-order valence-corrected chi connectivity index (χ3v) is 3.91. The smallest absolute Gasteiger partial charge is 0.272 e. The third-order valence-electron chi connectivity index (χ3n) is 3.91. The molecule has 0 bridgehead atoms. The molecule has 3 rings (SSSR count). The Morgan fingerprint density at radius 2 is 1.92 bits per heavy atom. The molecule has 1 aromatic carbocycles. The monoisotopic (exact) mass is 343 g/mol. The van der Waals surface area contributed by atoms with E-state index in [1.807, 2.05) is 32.0 Å². The van der Waals surface area contributed by atoms with Crippen LogP contribution in [0.25, 0.3) is 21.8 Å². The Morgan fingerprint density at radius 3 is 2.52 bits per heavy atom. The van der Waals surface area contributed by atoms with Crippen LogP contribution >= 0.6 is 0 Å². The van der Waals surface area contributed by atoms with Gasteiger partial charge >= 0.3 is 0 Å². The molecule has 0 atom stereocenters. The number of aliphatic hydroxyl groups is 1. The van der Waals surface area contributed by atoms with Gasteiger partial charge in [-0.05, 0) is 56.9 Å². The highest BCUT2D eigenvalue weighted by atomic mass is 16.4. The second-order valence-electron chi connectivity index (χ2n) is 6.64. The summed E-state index contributed by atoms with van der Waals surface area (Å²) in [5.41, 5.74) is 1.85. The molecule has 0 radical (unpaired) electrons. The van der Waals surface area contributed by atoms with Crippen molar-refractivity contribution in [2.24, 2.45) is 0 Å². The Hall–Kier alpha value is -2.60. The highest BCUT2D eigenvalue weighted by Crippen LogP contribution is 2.23. The Balaban J connectivity index is 0.000000399. The molecular weight excluding hydrogens is 320 g/mol. The van der Waals surface area contributed by atoms with Crippen LogP contribution < -0.4 is 10.7 Å². The molecule has 0 saturated heterocycles. The van der Waals surface area contributed by atoms with E-state index in [4.69, 9.17) is 0 Å². The van der Waals surface area contributed by atoms with E-state index in [1.165, 1.54) is 6.92 Å². The first-order valence-electron chi connectivity index (χ1n) is 8.25. The average Bonchev–Trinajstić information content (AvgIpc) is 3.03. The maximum absolute atomic E-state index is 11.9. The number of nitrogens with one attached hydrogen (secondary N) is 2. The van der Waals surface area contributed by atoms with Crippen LogP contribution in [0.3, 0.4) is 0 Å². The number of H-pyrrole nitrogens is 2. The molecule has 0 aliphatic carbocycles. The lowest BCUT2D eigenvalue weighted by Gasteiger charge is -2.16. The molecule has 3 N–H and O–H groups in total. The SMILES string of the molecule is CC(C)(O)CCc1ccc2[nH]c(=O)c3[nH]ccc3c2c1.CCC(=O)[O-]. The van der Waals surface area contributed by atoms with E-state index in [0.717, 1.165) is 28.3 Å². The molecule has 6 heteroatoms. The number of carbonyl (C=O) groups is 1. The lowest BCUT2D eigenvalue weighted by Crippen LogP contribution is -2.19. The summed E-state index contributed by atoms with van der Waals surface area (Å²) >= 11 is 0. The van der Waals surface area contributed by atoms with Gasteiger partial charge in [0.05, 0.1) is 5.60 Å². The van der Waals surface area contributed by atoms with Gasteiger partial charge in [-0.15, -0.1) is 0 Å². The Labute approximate surface area is 145 Å². The first-order chi connectivity index (χ1) is 11.7. The maximum atomic E-state index is 11.9. The summed E-state index contributed by atoms with van der Waals surface area (Å²) in [5, 5.41) is 21.0. The van der Waals surface area contributed by atoms with Crippen molar-refractivity contribution < 1.29 is 15.0 Å². The van der Waals surface area contributed by atoms with E-state index in [9.17, 15) is 19.8 Å². The minimum Gasteiger partial charge on any atom is -0.550 e. The zero-order valence-corrected chi connectivity index (χ0v) is 14.7. The molecule has 2 heterocycles. The first-order valence-corrected chi connectivity index (χ1v) is 8.25. The lowest BCUT2D eigenvalue weighted by molar-refractivity contribution is -0.305. The summed E-state index contributed by atoms with van der Waals surface area (Å²) in [4.78, 5) is 27.0. The van der Waals surface area contributed by atoms with E-state index in [-0.39, 0.29) is 12.0 Å². The topological polar surface area (TPSA) is 109 Å². The number of aromatic nitrogens is 2. The molecule has 0 spiro atoms. The van der Waals surface area contributed by atoms with Gasteiger partial charge in [0.15, 0.2) is 0 Å². The van der Waals surface area contributed by atoms with Gasteiger partial charge in [-0.1, -0.05) is 13.0 Å². The number of pyridine rings is 1. The van der Waals surface area contributed by atoms with E-state index in [0.29, 0.717) is 11.9 Å². The Morgan fingerprint density at radius 1 is 1.24 bits per heavy atom. The number of aromatic amines is 2. The van der Waals surface area contributed by atoms with Gasteiger partial charge in [0, 0.05) is 28.5 Å². The van der Waals surface area contributed by atoms with Crippen LogP contribution in [0.2, 0.25) is 0 Å². The van der Waals surface area contributed by atoms with E-state index < -0.39 is 11.6 Å². The van der Waals surface area contributed by atoms with Gasteiger partial charge < -0.3 is 25.0 Å². The van der Waals surface area contributed by atoms with Crippen LogP contribution in [0.5, 0.6) is 0 Å². The predicted molar refractivity (Wildman–Crippen MR) is 96.3 cm³/mol. The van der Waals surface area contributed by atoms with Crippen molar-refractivity contribution in [1.82, 2.24) is 9.97 Å². The van der Waals surface area contributed by atoms with Crippen molar-refractivity contribution in [3.8, 4) is 0 Å². The zero-order valence-electron chi connectivity index (χ0n) is 14.7. The van der Waals surface area contributed by atoms with Gasteiger partial charge in [0.1, 0.15) is 5.52 Å². The maximum Gasteiger partial charge on any atom is 0.272 e. The van der Waals surface area contributed by atoms with Crippen molar-refractivity contribution in [1.29, 1.82) is 0 Å². The van der Waals surface area contributed by atoms with Gasteiger partial charge in [-0.2, -0.15) is 0 Å². The van der Waals surface area contributed by atoms with Crippen molar-refractivity contribution in [3.63, 3.8) is 0 Å². The number of carboxylic acid groups (broad SMARTS) is 1. The zero-order chi connectivity index (χ0) is 18.6. The average molecular weight is 343 g/mol. The lowest BCUT2D eigenvalue weighted by atomic mass is 9.97. The second kappa shape index (κ2) is 7.53. The van der Waals surface area contributed by atoms with Crippen LogP contribution in [-0.4, -0.2) is 26.6 Å². The normalized spacial score (nSPS) is 11.4. The minimum absolute atomic E-state index is 0.0956. The number of carboxylic acids is 1. The highest BCUT2D eigenvalue weighted by molar-refractivity contribution is 6.04. The van der Waals surface area contributed by atoms with Crippen LogP contribution in [0, 0.1) is 0 Å². The van der Waals surface area contributed by atoms with Crippen molar-refractivity contribution in [2.75, 3.05) is 0 Å². The Bertz CT molecular complexity index is 932. The number of rotatable bonds is 4. The predicted octanol–water partition coefficient (Wildman–Crippen LogP) is 1.86. The quantitative estimate of drug-likeness (QED) is 0.671. The summed E-state index contributed by atoms with van der Waals surface area (Å²) in [6.45, 7) is 5.17. The Kier molecular flexibility index (Phi) is 5.64. The summed E-state index contributed by atoms with van der Waals surface area (Å²) < 4.78 is 0. The number of hydrogen-bond acceptors (Lipinski definition) is 4. The minimum atomic E-state index is -0.995. The molecule has 134 valence electrons. The molecule has 3 aromatic rings. The summed E-state index contributed by atoms with van der Waals surface area (Å²) in [6, 6.07) is 7.95. The van der Waals surface area contributed by atoms with Gasteiger partial charge in [0.2, 0.25) is 0 Å². The van der Waals surface area contributed by atoms with Crippen molar-refractivity contribution in [2.45, 2.75) is 45.6 Å². The molecule has 0 amide bonds. The number of benzene rings is 1. The molecule has 2 aromatic heterocycles. The van der Waals surface area contributed by atoms with Crippen molar-refractivity contribution in [3.05, 3.63) is 46.4 Å². The fourth-order valence-electron chi connectivity index (χ4n) is 2.50. The molecular formula is C19H23N2O4-. The van der Waals surface area contributed by atoms with Crippen LogP contribution in [0.1, 0.15) is 39.2 Å². The van der Waals surface area contributed by atoms with Crippen LogP contribution in [0.4, 0.5) is 0 Å².